The van der Waals surface area contributed by atoms with Crippen molar-refractivity contribution in [3.63, 3.8) is 0 Å². The van der Waals surface area contributed by atoms with Gasteiger partial charge in [-0.2, -0.15) is 0 Å². The van der Waals surface area contributed by atoms with Crippen LogP contribution >= 0.6 is 0 Å². The van der Waals surface area contributed by atoms with Crippen molar-refractivity contribution in [2.45, 2.75) is 19.3 Å². The van der Waals surface area contributed by atoms with Gasteiger partial charge in [0.15, 0.2) is 11.5 Å². The molecule has 0 spiro atoms. The molecule has 4 heteroatoms. The van der Waals surface area contributed by atoms with Crippen LogP contribution in [0.25, 0.3) is 0 Å². The van der Waals surface area contributed by atoms with Crippen molar-refractivity contribution in [1.82, 2.24) is 0 Å². The third kappa shape index (κ3) is 1.90. The Balaban J connectivity index is 1.74. The van der Waals surface area contributed by atoms with Crippen LogP contribution < -0.4 is 20.1 Å². The Hall–Kier alpha value is -1.42. The first kappa shape index (κ1) is 11.7. The Morgan fingerprint density at radius 2 is 2.06 bits per heavy atom. The minimum atomic E-state index is 0.325. The average Bonchev–Trinajstić information content (AvgIpc) is 2.80. The number of fused-ring (bicyclic) bond motifs is 1. The zero-order valence-corrected chi connectivity index (χ0v) is 10.8. The maximum absolute atomic E-state index is 5.91. The van der Waals surface area contributed by atoms with E-state index in [9.17, 15) is 0 Å². The molecule has 0 unspecified atom stereocenters. The van der Waals surface area contributed by atoms with Gasteiger partial charge in [-0.05, 0) is 31.5 Å². The first-order valence-corrected chi connectivity index (χ1v) is 6.53. The molecule has 0 radical (unpaired) electrons. The first-order chi connectivity index (χ1) is 8.72. The molecule has 0 atom stereocenters. The molecule has 3 rings (SSSR count). The van der Waals surface area contributed by atoms with Crippen LogP contribution in [0.2, 0.25) is 0 Å². The highest BCUT2D eigenvalue weighted by Crippen LogP contribution is 2.42. The van der Waals surface area contributed by atoms with Gasteiger partial charge >= 0.3 is 0 Å². The number of nitrogens with two attached hydrogens (primary N) is 1. The highest BCUT2D eigenvalue weighted by atomic mass is 16.7. The fourth-order valence-corrected chi connectivity index (χ4v) is 2.82. The van der Waals surface area contributed by atoms with Crippen LogP contribution in [-0.4, -0.2) is 26.9 Å². The normalized spacial score (nSPS) is 19.4. The fraction of sp³-hybridized carbons (Fsp3) is 0.571. The Labute approximate surface area is 108 Å². The predicted octanol–water partition coefficient (Wildman–Crippen LogP) is 1.98. The van der Waals surface area contributed by atoms with E-state index in [-0.39, 0.29) is 0 Å². The molecule has 1 saturated carbocycles. The number of rotatable bonds is 4. The van der Waals surface area contributed by atoms with Crippen LogP contribution in [-0.2, 0) is 0 Å². The van der Waals surface area contributed by atoms with E-state index in [4.69, 9.17) is 15.2 Å². The molecular weight excluding hydrogens is 228 g/mol. The molecule has 98 valence electrons. The molecule has 1 aromatic rings. The summed E-state index contributed by atoms with van der Waals surface area (Å²) in [5.41, 5.74) is 7.40. The number of anilines is 1. The second-order valence-corrected chi connectivity index (χ2v) is 5.45. The van der Waals surface area contributed by atoms with Crippen LogP contribution in [0.1, 0.15) is 19.3 Å². The van der Waals surface area contributed by atoms with Crippen molar-refractivity contribution in [2.24, 2.45) is 11.1 Å². The number of nitrogens with zero attached hydrogens (tertiary/aromatic N) is 1. The van der Waals surface area contributed by atoms with Gasteiger partial charge < -0.3 is 20.1 Å². The SMILES string of the molecule is CN(CC1(CN)CCC1)c1ccc2c(c1)OCO2. The molecule has 2 N–H and O–H groups in total. The van der Waals surface area contributed by atoms with E-state index in [1.807, 2.05) is 12.1 Å². The van der Waals surface area contributed by atoms with E-state index in [2.05, 4.69) is 18.0 Å². The van der Waals surface area contributed by atoms with E-state index in [0.717, 1.165) is 24.6 Å². The van der Waals surface area contributed by atoms with Gasteiger partial charge in [0.05, 0.1) is 0 Å². The monoisotopic (exact) mass is 248 g/mol. The lowest BCUT2D eigenvalue weighted by Gasteiger charge is -2.44. The van der Waals surface area contributed by atoms with Crippen molar-refractivity contribution in [3.05, 3.63) is 18.2 Å². The van der Waals surface area contributed by atoms with E-state index in [1.165, 1.54) is 24.9 Å². The third-order valence-corrected chi connectivity index (χ3v) is 4.22. The van der Waals surface area contributed by atoms with Gasteiger partial charge in [0.25, 0.3) is 0 Å². The number of hydrogen-bond donors (Lipinski definition) is 1. The molecular formula is C14H20N2O2. The standard InChI is InChI=1S/C14H20N2O2/c1-16(9-14(8-15)5-2-6-14)11-3-4-12-13(7-11)18-10-17-12/h3-4,7H,2,5-6,8-10,15H2,1H3. The van der Waals surface area contributed by atoms with E-state index < -0.39 is 0 Å². The Kier molecular flexibility index (Phi) is 2.82. The summed E-state index contributed by atoms with van der Waals surface area (Å²) in [7, 11) is 2.12. The predicted molar refractivity (Wildman–Crippen MR) is 71.2 cm³/mol. The summed E-state index contributed by atoms with van der Waals surface area (Å²) in [6.45, 7) is 2.13. The van der Waals surface area contributed by atoms with Crippen molar-refractivity contribution in [1.29, 1.82) is 0 Å². The number of hydrogen-bond acceptors (Lipinski definition) is 4. The van der Waals surface area contributed by atoms with Gasteiger partial charge in [-0.3, -0.25) is 0 Å². The lowest BCUT2D eigenvalue weighted by atomic mass is 9.68. The van der Waals surface area contributed by atoms with Gasteiger partial charge in [0.2, 0.25) is 6.79 Å². The largest absolute Gasteiger partial charge is 0.454 e. The summed E-state index contributed by atoms with van der Waals surface area (Å²) in [5, 5.41) is 0. The molecule has 4 nitrogen and oxygen atoms in total. The minimum absolute atomic E-state index is 0.325. The molecule has 18 heavy (non-hydrogen) atoms. The van der Waals surface area contributed by atoms with Gasteiger partial charge in [-0.15, -0.1) is 0 Å². The maximum Gasteiger partial charge on any atom is 0.231 e. The number of benzene rings is 1. The Morgan fingerprint density at radius 3 is 2.72 bits per heavy atom. The maximum atomic E-state index is 5.91. The average molecular weight is 248 g/mol. The second-order valence-electron chi connectivity index (χ2n) is 5.45. The van der Waals surface area contributed by atoms with Gasteiger partial charge in [0.1, 0.15) is 0 Å². The van der Waals surface area contributed by atoms with Gasteiger partial charge in [-0.1, -0.05) is 6.42 Å². The van der Waals surface area contributed by atoms with Crippen LogP contribution in [0, 0.1) is 5.41 Å². The molecule has 0 bridgehead atoms. The van der Waals surface area contributed by atoms with E-state index in [1.54, 1.807) is 0 Å². The molecule has 1 aromatic carbocycles. The molecule has 1 aliphatic carbocycles. The summed E-state index contributed by atoms with van der Waals surface area (Å²) >= 11 is 0. The molecule has 0 amide bonds. The first-order valence-electron chi connectivity index (χ1n) is 6.53. The van der Waals surface area contributed by atoms with Crippen molar-refractivity contribution in [3.8, 4) is 11.5 Å². The molecule has 1 fully saturated rings. The lowest BCUT2D eigenvalue weighted by Crippen LogP contribution is -2.46. The zero-order chi connectivity index (χ0) is 12.6. The van der Waals surface area contributed by atoms with Crippen LogP contribution in [0.4, 0.5) is 5.69 Å². The molecule has 0 saturated heterocycles. The van der Waals surface area contributed by atoms with Crippen molar-refractivity contribution < 1.29 is 9.47 Å². The van der Waals surface area contributed by atoms with Crippen molar-refractivity contribution in [2.75, 3.05) is 31.8 Å². The number of ether oxygens (including phenoxy) is 2. The second kappa shape index (κ2) is 4.35. The van der Waals surface area contributed by atoms with Crippen LogP contribution in [0.3, 0.4) is 0 Å². The Bertz CT molecular complexity index is 438. The lowest BCUT2D eigenvalue weighted by molar-refractivity contribution is 0.154. The van der Waals surface area contributed by atoms with E-state index in [0.29, 0.717) is 12.2 Å². The summed E-state index contributed by atoms with van der Waals surface area (Å²) in [6, 6.07) is 6.10. The summed E-state index contributed by atoms with van der Waals surface area (Å²) < 4.78 is 10.7. The van der Waals surface area contributed by atoms with Gasteiger partial charge in [0, 0.05) is 30.8 Å². The fourth-order valence-electron chi connectivity index (χ4n) is 2.82. The highest BCUT2D eigenvalue weighted by Gasteiger charge is 2.36. The third-order valence-electron chi connectivity index (χ3n) is 4.22. The highest BCUT2D eigenvalue weighted by molar-refractivity contribution is 5.57. The topological polar surface area (TPSA) is 47.7 Å². The van der Waals surface area contributed by atoms with E-state index >= 15 is 0 Å². The van der Waals surface area contributed by atoms with Gasteiger partial charge in [-0.25, -0.2) is 0 Å². The van der Waals surface area contributed by atoms with Crippen LogP contribution in [0.5, 0.6) is 11.5 Å². The van der Waals surface area contributed by atoms with Crippen molar-refractivity contribution >= 4 is 5.69 Å². The molecule has 2 aliphatic rings. The molecule has 0 aromatic heterocycles. The quantitative estimate of drug-likeness (QED) is 0.885. The Morgan fingerprint density at radius 1 is 1.28 bits per heavy atom. The molecule has 1 aliphatic heterocycles. The minimum Gasteiger partial charge on any atom is -0.454 e. The summed E-state index contributed by atoms with van der Waals surface area (Å²) in [4.78, 5) is 2.27. The molecule has 1 heterocycles. The summed E-state index contributed by atoms with van der Waals surface area (Å²) in [6.07, 6.45) is 3.81. The summed E-state index contributed by atoms with van der Waals surface area (Å²) in [5.74, 6) is 1.68. The van der Waals surface area contributed by atoms with Crippen LogP contribution in [0.15, 0.2) is 18.2 Å². The smallest absolute Gasteiger partial charge is 0.231 e. The zero-order valence-electron chi connectivity index (χ0n) is 10.8.